The summed E-state index contributed by atoms with van der Waals surface area (Å²) in [5, 5.41) is 11.8. The van der Waals surface area contributed by atoms with E-state index < -0.39 is 5.97 Å². The molecule has 1 aliphatic carbocycles. The van der Waals surface area contributed by atoms with Gasteiger partial charge in [0, 0.05) is 32.8 Å². The zero-order valence-corrected chi connectivity index (χ0v) is 25.1. The maximum absolute atomic E-state index is 13.7. The van der Waals surface area contributed by atoms with Gasteiger partial charge >= 0.3 is 5.97 Å². The van der Waals surface area contributed by atoms with Gasteiger partial charge in [0.25, 0.3) is 5.56 Å². The molecule has 0 bridgehead atoms. The number of pyridine rings is 1. The number of aryl methyl sites for hydroxylation is 3. The lowest BCUT2D eigenvalue weighted by molar-refractivity contribution is 0.0699. The molecule has 0 saturated carbocycles. The predicted molar refractivity (Wildman–Crippen MR) is 162 cm³/mol. The molecule has 1 spiro atoms. The first-order valence-corrected chi connectivity index (χ1v) is 15.2. The van der Waals surface area contributed by atoms with Crippen LogP contribution in [0.1, 0.15) is 52.4 Å². The van der Waals surface area contributed by atoms with Gasteiger partial charge in [-0.2, -0.15) is 0 Å². The SMILES string of the molecule is Cc1cc(-c2cc(Cl)ccc2OCCn2c(C)nc3c(c2=O)CC2(CC3)CCN(C)CC2)c2scc(C(=O)O)c2n1. The molecule has 41 heavy (non-hydrogen) atoms. The summed E-state index contributed by atoms with van der Waals surface area (Å²) < 4.78 is 8.79. The second-order valence-electron chi connectivity index (χ2n) is 11.5. The summed E-state index contributed by atoms with van der Waals surface area (Å²) in [4.78, 5) is 37.2. The second kappa shape index (κ2) is 10.9. The van der Waals surface area contributed by atoms with Crippen LogP contribution in [0.5, 0.6) is 5.75 Å². The van der Waals surface area contributed by atoms with Gasteiger partial charge in [0.2, 0.25) is 0 Å². The zero-order chi connectivity index (χ0) is 28.9. The third-order valence-electron chi connectivity index (χ3n) is 8.72. The molecule has 214 valence electrons. The van der Waals surface area contributed by atoms with Gasteiger partial charge in [-0.3, -0.25) is 14.3 Å². The molecular formula is C31H33ClN4O4S. The lowest BCUT2D eigenvalue weighted by Crippen LogP contribution is -2.44. The van der Waals surface area contributed by atoms with Gasteiger partial charge in [0.1, 0.15) is 18.2 Å². The van der Waals surface area contributed by atoms with E-state index in [-0.39, 0.29) is 23.1 Å². The van der Waals surface area contributed by atoms with E-state index in [1.807, 2.05) is 32.0 Å². The monoisotopic (exact) mass is 592 g/mol. The number of carboxylic acid groups (broad SMARTS) is 1. The summed E-state index contributed by atoms with van der Waals surface area (Å²) in [6.45, 7) is 6.52. The second-order valence-corrected chi connectivity index (χ2v) is 12.8. The highest BCUT2D eigenvalue weighted by molar-refractivity contribution is 7.18. The number of aromatic carboxylic acids is 1. The molecular weight excluding hydrogens is 560 g/mol. The lowest BCUT2D eigenvalue weighted by Gasteiger charge is -2.43. The summed E-state index contributed by atoms with van der Waals surface area (Å²) in [7, 11) is 2.17. The van der Waals surface area contributed by atoms with Crippen LogP contribution in [-0.2, 0) is 19.4 Å². The fourth-order valence-corrected chi connectivity index (χ4v) is 7.53. The van der Waals surface area contributed by atoms with Crippen molar-refractivity contribution in [3.8, 4) is 16.9 Å². The Bertz CT molecular complexity index is 1720. The van der Waals surface area contributed by atoms with Crippen LogP contribution in [0, 0.1) is 19.3 Å². The number of fused-ring (bicyclic) bond motifs is 2. The summed E-state index contributed by atoms with van der Waals surface area (Å²) >= 11 is 7.74. The Morgan fingerprint density at radius 3 is 2.68 bits per heavy atom. The van der Waals surface area contributed by atoms with Crippen molar-refractivity contribution in [2.45, 2.75) is 52.5 Å². The number of carboxylic acids is 1. The summed E-state index contributed by atoms with van der Waals surface area (Å²) in [5.41, 5.74) is 4.99. The number of carbonyl (C=O) groups is 1. The first-order valence-electron chi connectivity index (χ1n) is 14.0. The summed E-state index contributed by atoms with van der Waals surface area (Å²) in [6, 6.07) is 7.32. The summed E-state index contributed by atoms with van der Waals surface area (Å²) in [6.07, 6.45) is 5.02. The maximum Gasteiger partial charge on any atom is 0.338 e. The molecule has 1 fully saturated rings. The number of benzene rings is 1. The van der Waals surface area contributed by atoms with Gasteiger partial charge < -0.3 is 14.7 Å². The van der Waals surface area contributed by atoms with E-state index in [1.165, 1.54) is 11.3 Å². The van der Waals surface area contributed by atoms with Crippen LogP contribution in [-0.4, -0.2) is 57.3 Å². The van der Waals surface area contributed by atoms with E-state index in [1.54, 1.807) is 16.0 Å². The third kappa shape index (κ3) is 5.27. The van der Waals surface area contributed by atoms with Crippen molar-refractivity contribution < 1.29 is 14.6 Å². The molecule has 0 radical (unpaired) electrons. The molecule has 4 aromatic rings. The van der Waals surface area contributed by atoms with E-state index in [2.05, 4.69) is 16.9 Å². The van der Waals surface area contributed by atoms with Crippen LogP contribution in [0.4, 0.5) is 0 Å². The van der Waals surface area contributed by atoms with Gasteiger partial charge in [0.05, 0.1) is 28.0 Å². The fourth-order valence-electron chi connectivity index (χ4n) is 6.34. The number of rotatable bonds is 6. The number of halogens is 1. The van der Waals surface area contributed by atoms with Crippen molar-refractivity contribution in [3.05, 3.63) is 73.4 Å². The molecule has 1 aromatic carbocycles. The smallest absolute Gasteiger partial charge is 0.338 e. The van der Waals surface area contributed by atoms with Crippen molar-refractivity contribution >= 4 is 39.1 Å². The average molecular weight is 593 g/mol. The predicted octanol–water partition coefficient (Wildman–Crippen LogP) is 5.77. The fraction of sp³-hybridized carbons (Fsp3) is 0.419. The van der Waals surface area contributed by atoms with E-state index in [0.29, 0.717) is 34.4 Å². The van der Waals surface area contributed by atoms with Crippen LogP contribution < -0.4 is 10.3 Å². The Morgan fingerprint density at radius 1 is 1.15 bits per heavy atom. The van der Waals surface area contributed by atoms with Crippen LogP contribution in [0.3, 0.4) is 0 Å². The van der Waals surface area contributed by atoms with Crippen molar-refractivity contribution in [1.82, 2.24) is 19.4 Å². The first kappa shape index (κ1) is 27.9. The number of ether oxygens (including phenoxy) is 1. The number of piperidine rings is 1. The molecule has 8 nitrogen and oxygen atoms in total. The average Bonchev–Trinajstić information content (AvgIpc) is 3.37. The third-order valence-corrected chi connectivity index (χ3v) is 9.95. The topological polar surface area (TPSA) is 97.6 Å². The van der Waals surface area contributed by atoms with Gasteiger partial charge in [0.15, 0.2) is 0 Å². The van der Waals surface area contributed by atoms with Crippen molar-refractivity contribution in [3.63, 3.8) is 0 Å². The molecule has 2 aliphatic rings. The van der Waals surface area contributed by atoms with E-state index in [0.717, 1.165) is 72.3 Å². The standard InChI is InChI=1S/C31H33ClN4O4S/c1-18-14-22(28-27(33-18)24(17-41-28)30(38)39)21-15-20(32)4-5-26(21)40-13-12-36-19(2)34-25-6-7-31(16-23(25)29(36)37)8-10-35(3)11-9-31/h4-5,14-15,17H,6-13,16H2,1-3H3,(H,38,39). The largest absolute Gasteiger partial charge is 0.491 e. The Balaban J connectivity index is 1.27. The van der Waals surface area contributed by atoms with Crippen LogP contribution in [0.2, 0.25) is 5.02 Å². The van der Waals surface area contributed by atoms with Gasteiger partial charge in [-0.05, 0) is 95.8 Å². The quantitative estimate of drug-likeness (QED) is 0.304. The molecule has 0 amide bonds. The molecule has 3 aromatic heterocycles. The van der Waals surface area contributed by atoms with Gasteiger partial charge in [-0.15, -0.1) is 11.3 Å². The van der Waals surface area contributed by atoms with E-state index in [4.69, 9.17) is 21.3 Å². The minimum atomic E-state index is -1.01. The number of hydrogen-bond acceptors (Lipinski definition) is 7. The molecule has 10 heteroatoms. The number of aromatic nitrogens is 3. The minimum Gasteiger partial charge on any atom is -0.491 e. The normalized spacial score (nSPS) is 16.7. The molecule has 1 saturated heterocycles. The zero-order valence-electron chi connectivity index (χ0n) is 23.5. The number of nitrogens with zero attached hydrogens (tertiary/aromatic N) is 4. The number of thiophene rings is 1. The molecule has 0 atom stereocenters. The van der Waals surface area contributed by atoms with Crippen molar-refractivity contribution in [2.24, 2.45) is 5.41 Å². The highest BCUT2D eigenvalue weighted by atomic mass is 35.5. The number of likely N-dealkylation sites (tertiary alicyclic amines) is 1. The van der Waals surface area contributed by atoms with Crippen LogP contribution in [0.25, 0.3) is 21.3 Å². The molecule has 0 unspecified atom stereocenters. The molecule has 4 heterocycles. The van der Waals surface area contributed by atoms with Gasteiger partial charge in [-0.1, -0.05) is 11.6 Å². The Hall–Kier alpha value is -3.27. The number of hydrogen-bond donors (Lipinski definition) is 1. The van der Waals surface area contributed by atoms with Crippen molar-refractivity contribution in [2.75, 3.05) is 26.7 Å². The highest BCUT2D eigenvalue weighted by Crippen LogP contribution is 2.42. The van der Waals surface area contributed by atoms with Crippen LogP contribution >= 0.6 is 22.9 Å². The highest BCUT2D eigenvalue weighted by Gasteiger charge is 2.38. The van der Waals surface area contributed by atoms with E-state index >= 15 is 0 Å². The Morgan fingerprint density at radius 2 is 1.93 bits per heavy atom. The maximum atomic E-state index is 13.7. The molecule has 1 N–H and O–H groups in total. The van der Waals surface area contributed by atoms with Gasteiger partial charge in [-0.25, -0.2) is 9.78 Å². The van der Waals surface area contributed by atoms with Crippen LogP contribution in [0.15, 0.2) is 34.4 Å². The Labute approximate surface area is 247 Å². The molecule has 6 rings (SSSR count). The summed E-state index contributed by atoms with van der Waals surface area (Å²) in [5.74, 6) is 0.303. The lowest BCUT2D eigenvalue weighted by atomic mass is 9.67. The van der Waals surface area contributed by atoms with E-state index in [9.17, 15) is 14.7 Å². The molecule has 1 aliphatic heterocycles. The van der Waals surface area contributed by atoms with Crippen molar-refractivity contribution in [1.29, 1.82) is 0 Å². The Kier molecular flexibility index (Phi) is 7.38. The first-order chi connectivity index (χ1) is 19.6. The minimum absolute atomic E-state index is 0.0525.